The molecule has 2 saturated heterocycles. The second kappa shape index (κ2) is 19.9. The first kappa shape index (κ1) is 47.8. The van der Waals surface area contributed by atoms with Crippen LogP contribution in [-0.4, -0.2) is 98.8 Å². The largest absolute Gasteiger partial charge is 0.490 e. The standard InChI is InChI=1S/C58H61N9O6S/c1-34-41(42-19-21-51(60-54(42)57(71)72)67-24-23-36-7-5-9-43(46(36)33-67)55(69)62-58-59-47-10-3-4-12-50(47)74-58)8-6-11-49(34)73-40-16-13-35(14-17-40)29-37-30-38(37)32-65-25-27-66(28-26-65)39-15-18-44-48(31-39)64(2)63-53(44)45-20-22-52(68)61-56(45)70/h3-12,15,18-19,21,31,35,37-38,40,45H,13-14,16-17,20,22-30,32-33H2,1-2H3,(H,71,72)(H,59,62,69)(H,61,68,70)/t35?,37?,38-,40?,45?/m1/s1. The van der Waals surface area contributed by atoms with Crippen LogP contribution < -0.4 is 25.2 Å². The van der Waals surface area contributed by atoms with E-state index >= 15 is 0 Å². The van der Waals surface area contributed by atoms with E-state index in [0.29, 0.717) is 54.4 Å². The van der Waals surface area contributed by atoms with E-state index in [-0.39, 0.29) is 29.5 Å². The van der Waals surface area contributed by atoms with Crippen molar-refractivity contribution in [3.63, 3.8) is 0 Å². The number of para-hydroxylation sites is 1. The molecule has 0 radical (unpaired) electrons. The number of piperazine rings is 1. The van der Waals surface area contributed by atoms with Crippen molar-refractivity contribution in [3.8, 4) is 16.9 Å². The van der Waals surface area contributed by atoms with Crippen LogP contribution >= 0.6 is 11.3 Å². The number of benzene rings is 4. The molecule has 12 rings (SSSR count). The first-order valence-corrected chi connectivity index (χ1v) is 27.1. The van der Waals surface area contributed by atoms with Gasteiger partial charge in [-0.25, -0.2) is 14.8 Å². The lowest BCUT2D eigenvalue weighted by Gasteiger charge is -2.36. The van der Waals surface area contributed by atoms with E-state index < -0.39 is 11.9 Å². The molecule has 2 unspecified atom stereocenters. The number of carboxylic acid groups (broad SMARTS) is 1. The van der Waals surface area contributed by atoms with E-state index in [1.165, 1.54) is 36.4 Å². The predicted molar refractivity (Wildman–Crippen MR) is 287 cm³/mol. The van der Waals surface area contributed by atoms with E-state index in [1.807, 2.05) is 85.4 Å². The minimum atomic E-state index is -1.10. The Labute approximate surface area is 433 Å². The van der Waals surface area contributed by atoms with E-state index in [1.54, 1.807) is 0 Å². The second-order valence-electron chi connectivity index (χ2n) is 21.1. The number of amides is 3. The minimum absolute atomic E-state index is 0.0138. The minimum Gasteiger partial charge on any atom is -0.490 e. The molecule has 6 heterocycles. The lowest BCUT2D eigenvalue weighted by molar-refractivity contribution is -0.134. The van der Waals surface area contributed by atoms with Gasteiger partial charge in [0.2, 0.25) is 11.8 Å². The maximum atomic E-state index is 13.7. The molecular formula is C58H61N9O6S. The van der Waals surface area contributed by atoms with Gasteiger partial charge >= 0.3 is 5.97 Å². The van der Waals surface area contributed by atoms with Crippen LogP contribution in [0.25, 0.3) is 32.2 Å². The van der Waals surface area contributed by atoms with E-state index in [2.05, 4.69) is 54.6 Å². The first-order valence-electron chi connectivity index (χ1n) is 26.3. The summed E-state index contributed by atoms with van der Waals surface area (Å²) in [5.74, 6) is 1.44. The number of hydrogen-bond donors (Lipinski definition) is 3. The van der Waals surface area contributed by atoms with Gasteiger partial charge in [0.25, 0.3) is 5.91 Å². The molecule has 4 fully saturated rings. The van der Waals surface area contributed by atoms with Gasteiger partial charge < -0.3 is 19.6 Å². The van der Waals surface area contributed by atoms with Crippen LogP contribution in [0.4, 0.5) is 16.6 Å². The summed E-state index contributed by atoms with van der Waals surface area (Å²) in [6, 6.07) is 29.7. The van der Waals surface area contributed by atoms with Crippen molar-refractivity contribution in [1.82, 2.24) is 30.0 Å². The Hall–Kier alpha value is -7.17. The van der Waals surface area contributed by atoms with E-state index in [0.717, 1.165) is 124 Å². The topological polar surface area (TPSA) is 175 Å². The van der Waals surface area contributed by atoms with Crippen LogP contribution in [0, 0.1) is 24.7 Å². The van der Waals surface area contributed by atoms with Crippen molar-refractivity contribution in [2.24, 2.45) is 24.8 Å². The molecule has 3 atom stereocenters. The van der Waals surface area contributed by atoms with Crippen LogP contribution in [0.5, 0.6) is 5.75 Å². The fraction of sp³-hybridized carbons (Fsp3) is 0.397. The predicted octanol–water partition coefficient (Wildman–Crippen LogP) is 9.37. The van der Waals surface area contributed by atoms with Crippen molar-refractivity contribution >= 4 is 72.8 Å². The van der Waals surface area contributed by atoms with Crippen LogP contribution in [0.15, 0.2) is 91.0 Å². The summed E-state index contributed by atoms with van der Waals surface area (Å²) in [7, 11) is 1.93. The number of rotatable bonds is 13. The van der Waals surface area contributed by atoms with Gasteiger partial charge in [-0.1, -0.05) is 47.7 Å². The summed E-state index contributed by atoms with van der Waals surface area (Å²) in [5.41, 5.74) is 8.57. The Bertz CT molecular complexity index is 3300. The van der Waals surface area contributed by atoms with Crippen molar-refractivity contribution in [3.05, 3.63) is 125 Å². The summed E-state index contributed by atoms with van der Waals surface area (Å²) < 4.78 is 9.59. The summed E-state index contributed by atoms with van der Waals surface area (Å²) >= 11 is 1.44. The SMILES string of the molecule is Cc1c(OC2CCC(CC3C[C@@H]3CN3CCN(c4ccc5c(C6CCC(=O)NC6=O)nn(C)c5c4)CC3)CC2)cccc1-c1ccc(N2CCc3cccc(C(=O)Nc4nc5ccccc5s4)c3C2)nc1C(=O)O. The van der Waals surface area contributed by atoms with Gasteiger partial charge in [0.15, 0.2) is 10.8 Å². The number of piperidine rings is 1. The number of nitrogens with zero attached hydrogens (tertiary/aromatic N) is 7. The number of pyridine rings is 1. The molecule has 16 heteroatoms. The lowest BCUT2D eigenvalue weighted by atomic mass is 9.83. The molecule has 3 N–H and O–H groups in total. The van der Waals surface area contributed by atoms with Crippen LogP contribution in [0.2, 0.25) is 0 Å². The summed E-state index contributed by atoms with van der Waals surface area (Å²) in [6.45, 7) is 8.28. The van der Waals surface area contributed by atoms with Gasteiger partial charge in [-0.3, -0.25) is 34.6 Å². The molecule has 7 aromatic rings. The zero-order valence-corrected chi connectivity index (χ0v) is 42.7. The first-order chi connectivity index (χ1) is 36.0. The van der Waals surface area contributed by atoms with E-state index in [4.69, 9.17) is 14.8 Å². The molecule has 3 aromatic heterocycles. The van der Waals surface area contributed by atoms with Gasteiger partial charge in [-0.15, -0.1) is 0 Å². The number of thiazole rings is 1. The van der Waals surface area contributed by atoms with Crippen LogP contribution in [0.3, 0.4) is 0 Å². The van der Waals surface area contributed by atoms with Gasteiger partial charge in [0, 0.05) is 81.5 Å². The third-order valence-electron chi connectivity index (χ3n) is 16.5. The maximum Gasteiger partial charge on any atom is 0.355 e. The molecule has 15 nitrogen and oxygen atoms in total. The van der Waals surface area contributed by atoms with Crippen LogP contribution in [-0.2, 0) is 29.6 Å². The normalized spacial score (nSPS) is 22.2. The Morgan fingerprint density at radius 2 is 1.66 bits per heavy atom. The number of ether oxygens (including phenoxy) is 1. The molecule has 3 amide bonds. The molecule has 0 bridgehead atoms. The average Bonchev–Trinajstić information content (AvgIpc) is 3.85. The summed E-state index contributed by atoms with van der Waals surface area (Å²) in [6.07, 6.45) is 8.59. The van der Waals surface area contributed by atoms with Crippen molar-refractivity contribution in [1.29, 1.82) is 0 Å². The van der Waals surface area contributed by atoms with Gasteiger partial charge in [-0.05, 0) is 153 Å². The maximum absolute atomic E-state index is 13.7. The summed E-state index contributed by atoms with van der Waals surface area (Å²) in [5, 5.41) is 22.3. The summed E-state index contributed by atoms with van der Waals surface area (Å²) in [4.78, 5) is 67.5. The molecule has 74 heavy (non-hydrogen) atoms. The van der Waals surface area contributed by atoms with Crippen LogP contribution in [0.1, 0.15) is 101 Å². The Balaban J connectivity index is 0.623. The molecule has 0 spiro atoms. The zero-order chi connectivity index (χ0) is 50.6. The molecule has 3 aliphatic heterocycles. The Kier molecular flexibility index (Phi) is 12.9. The fourth-order valence-electron chi connectivity index (χ4n) is 12.2. The lowest BCUT2D eigenvalue weighted by Crippen LogP contribution is -2.47. The molecule has 2 aliphatic carbocycles. The highest BCUT2D eigenvalue weighted by molar-refractivity contribution is 7.22. The average molecular weight is 1010 g/mol. The molecule has 5 aliphatic rings. The molecule has 4 aromatic carbocycles. The van der Waals surface area contributed by atoms with Gasteiger partial charge in [0.1, 0.15) is 11.6 Å². The van der Waals surface area contributed by atoms with Crippen molar-refractivity contribution in [2.75, 3.05) is 54.4 Å². The highest BCUT2D eigenvalue weighted by atomic mass is 32.1. The number of carbonyl (C=O) groups is 4. The zero-order valence-electron chi connectivity index (χ0n) is 41.9. The van der Waals surface area contributed by atoms with E-state index in [9.17, 15) is 24.3 Å². The number of carbonyl (C=O) groups excluding carboxylic acids is 3. The quantitative estimate of drug-likeness (QED) is 0.0936. The monoisotopic (exact) mass is 1010 g/mol. The fourth-order valence-corrected chi connectivity index (χ4v) is 13.1. The molecule has 380 valence electrons. The number of hydrogen-bond acceptors (Lipinski definition) is 12. The Morgan fingerprint density at radius 1 is 0.838 bits per heavy atom. The number of carboxylic acids is 1. The number of aryl methyl sites for hydroxylation is 1. The highest BCUT2D eigenvalue weighted by Crippen LogP contribution is 2.47. The Morgan fingerprint density at radius 3 is 2.47 bits per heavy atom. The number of aromatic nitrogens is 4. The smallest absolute Gasteiger partial charge is 0.355 e. The molecular weight excluding hydrogens is 951 g/mol. The number of anilines is 3. The van der Waals surface area contributed by atoms with Crippen molar-refractivity contribution in [2.45, 2.75) is 83.3 Å². The highest BCUT2D eigenvalue weighted by Gasteiger charge is 2.41. The van der Waals surface area contributed by atoms with Gasteiger partial charge in [-0.2, -0.15) is 5.10 Å². The molecule has 2 saturated carbocycles. The van der Waals surface area contributed by atoms with Crippen molar-refractivity contribution < 1.29 is 29.0 Å². The third kappa shape index (κ3) is 9.61. The van der Waals surface area contributed by atoms with Gasteiger partial charge in [0.05, 0.1) is 33.4 Å². The number of imide groups is 1. The number of nitrogens with one attached hydrogen (secondary N) is 2. The number of aromatic carboxylic acids is 1. The third-order valence-corrected chi connectivity index (χ3v) is 17.4. The second-order valence-corrected chi connectivity index (χ2v) is 22.1. The number of fused-ring (bicyclic) bond motifs is 3.